The zero-order chi connectivity index (χ0) is 16.1. The topological polar surface area (TPSA) is 85.8 Å². The summed E-state index contributed by atoms with van der Waals surface area (Å²) in [4.78, 5) is 17.4. The number of para-hydroxylation sites is 1. The van der Waals surface area contributed by atoms with E-state index >= 15 is 0 Å². The van der Waals surface area contributed by atoms with Crippen LogP contribution in [0.5, 0.6) is 0 Å². The third-order valence-electron chi connectivity index (χ3n) is 3.11. The summed E-state index contributed by atoms with van der Waals surface area (Å²) in [6, 6.07) is 14.4. The van der Waals surface area contributed by atoms with Gasteiger partial charge in [-0.1, -0.05) is 24.3 Å². The van der Waals surface area contributed by atoms with E-state index in [-0.39, 0.29) is 24.3 Å². The molecule has 0 radical (unpaired) electrons. The van der Waals surface area contributed by atoms with E-state index in [1.807, 2.05) is 42.0 Å². The van der Waals surface area contributed by atoms with E-state index in [0.717, 1.165) is 10.5 Å². The van der Waals surface area contributed by atoms with Crippen LogP contribution in [0.15, 0.2) is 64.6 Å². The summed E-state index contributed by atoms with van der Waals surface area (Å²) >= 11 is 1.44. The lowest BCUT2D eigenvalue weighted by atomic mass is 10.1. The number of hydrogen-bond donors (Lipinski definition) is 4. The molecule has 0 atom stereocenters. The highest BCUT2D eigenvalue weighted by atomic mass is 35.5. The first-order valence-electron chi connectivity index (χ1n) is 6.84. The van der Waals surface area contributed by atoms with Crippen LogP contribution in [-0.4, -0.2) is 17.1 Å². The van der Waals surface area contributed by atoms with E-state index in [9.17, 15) is 4.79 Å². The molecule has 4 N–H and O–H groups in total. The van der Waals surface area contributed by atoms with Crippen molar-refractivity contribution in [1.82, 2.24) is 15.5 Å². The van der Waals surface area contributed by atoms with E-state index < -0.39 is 0 Å². The van der Waals surface area contributed by atoms with E-state index in [4.69, 9.17) is 5.21 Å². The third-order valence-corrected chi connectivity index (χ3v) is 3.94. The summed E-state index contributed by atoms with van der Waals surface area (Å²) in [6.45, 7) is 0. The number of amides is 1. The number of halogens is 1. The number of hydroxylamine groups is 1. The van der Waals surface area contributed by atoms with Crippen LogP contribution in [0, 0.1) is 0 Å². The molecular formula is C16H15ClN4O2S. The fraction of sp³-hybridized carbons (Fsp3) is 0. The fourth-order valence-corrected chi connectivity index (χ4v) is 2.72. The monoisotopic (exact) mass is 362 g/mol. The van der Waals surface area contributed by atoms with Crippen molar-refractivity contribution in [2.75, 3.05) is 0 Å². The van der Waals surface area contributed by atoms with Crippen molar-refractivity contribution in [3.8, 4) is 0 Å². The molecule has 6 nitrogen and oxygen atoms in total. The lowest BCUT2D eigenvalue weighted by molar-refractivity contribution is 0.0969. The zero-order valence-corrected chi connectivity index (χ0v) is 14.0. The third kappa shape index (κ3) is 4.29. The number of nitrogens with zero attached hydrogens (tertiary/aromatic N) is 1. The minimum absolute atomic E-state index is 0. The summed E-state index contributed by atoms with van der Waals surface area (Å²) in [7, 11) is 0. The number of rotatable bonds is 2. The first-order valence-corrected chi connectivity index (χ1v) is 7.66. The van der Waals surface area contributed by atoms with Crippen LogP contribution in [0.4, 0.5) is 5.69 Å². The molecule has 0 aromatic heterocycles. The average Bonchev–Trinajstić information content (AvgIpc) is 2.61. The van der Waals surface area contributed by atoms with Gasteiger partial charge in [0.1, 0.15) is 0 Å². The second-order valence-corrected chi connectivity index (χ2v) is 5.55. The highest BCUT2D eigenvalue weighted by Crippen LogP contribution is 2.26. The van der Waals surface area contributed by atoms with Gasteiger partial charge in [-0.3, -0.25) is 15.3 Å². The Morgan fingerprint density at radius 3 is 2.71 bits per heavy atom. The van der Waals surface area contributed by atoms with Gasteiger partial charge in [0, 0.05) is 16.7 Å². The van der Waals surface area contributed by atoms with Crippen molar-refractivity contribution in [2.24, 2.45) is 4.99 Å². The number of hydrogen-bond acceptors (Lipinski definition) is 5. The predicted molar refractivity (Wildman–Crippen MR) is 97.6 cm³/mol. The molecule has 1 amide bonds. The largest absolute Gasteiger partial charge is 0.332 e. The Labute approximate surface area is 149 Å². The van der Waals surface area contributed by atoms with Crippen molar-refractivity contribution in [1.29, 1.82) is 0 Å². The SMILES string of the molecule is Cl.O=C(NC(=Nc1ccccc1)NO)c1ccc2c(c1)SNC=C2. The molecule has 3 rings (SSSR count). The second kappa shape index (κ2) is 8.39. The van der Waals surface area contributed by atoms with Gasteiger partial charge in [0.2, 0.25) is 5.96 Å². The number of carbonyl (C=O) groups excluding carboxylic acids is 1. The molecular weight excluding hydrogens is 348 g/mol. The maximum absolute atomic E-state index is 12.3. The first kappa shape index (κ1) is 17.9. The lowest BCUT2D eigenvalue weighted by Crippen LogP contribution is -2.39. The Hall–Kier alpha value is -2.48. The first-order chi connectivity index (χ1) is 11.3. The minimum atomic E-state index is -0.362. The van der Waals surface area contributed by atoms with Gasteiger partial charge in [-0.05, 0) is 47.9 Å². The van der Waals surface area contributed by atoms with E-state index in [1.54, 1.807) is 24.3 Å². The molecule has 0 unspecified atom stereocenters. The summed E-state index contributed by atoms with van der Waals surface area (Å²) in [5, 5.41) is 11.7. The van der Waals surface area contributed by atoms with Gasteiger partial charge >= 0.3 is 0 Å². The van der Waals surface area contributed by atoms with Gasteiger partial charge in [0.15, 0.2) is 0 Å². The molecule has 0 aliphatic carbocycles. The van der Waals surface area contributed by atoms with Crippen LogP contribution in [0.2, 0.25) is 0 Å². The van der Waals surface area contributed by atoms with Crippen molar-refractivity contribution < 1.29 is 10.0 Å². The molecule has 0 fully saturated rings. The maximum Gasteiger partial charge on any atom is 0.258 e. The maximum atomic E-state index is 12.3. The van der Waals surface area contributed by atoms with Crippen LogP contribution in [0.1, 0.15) is 15.9 Å². The average molecular weight is 363 g/mol. The van der Waals surface area contributed by atoms with Crippen LogP contribution >= 0.6 is 24.4 Å². The van der Waals surface area contributed by atoms with Gasteiger partial charge < -0.3 is 4.72 Å². The van der Waals surface area contributed by atoms with Gasteiger partial charge in [-0.25, -0.2) is 10.5 Å². The van der Waals surface area contributed by atoms with Gasteiger partial charge in [0.05, 0.1) is 5.69 Å². The molecule has 0 bridgehead atoms. The van der Waals surface area contributed by atoms with Crippen LogP contribution in [-0.2, 0) is 0 Å². The van der Waals surface area contributed by atoms with Crippen molar-refractivity contribution >= 4 is 48.0 Å². The minimum Gasteiger partial charge on any atom is -0.332 e. The van der Waals surface area contributed by atoms with Gasteiger partial charge in [-0.2, -0.15) is 0 Å². The molecule has 24 heavy (non-hydrogen) atoms. The standard InChI is InChI=1S/C16H14N4O2S.ClH/c21-15(12-7-6-11-8-9-17-23-14(11)10-12)19-16(20-22)18-13-4-2-1-3-5-13;/h1-10,17,22H,(H2,18,19,20,21);1H. The van der Waals surface area contributed by atoms with Crippen LogP contribution in [0.3, 0.4) is 0 Å². The molecule has 1 aliphatic rings. The summed E-state index contributed by atoms with van der Waals surface area (Å²) in [5.74, 6) is -0.399. The number of nitrogens with one attached hydrogen (secondary N) is 3. The Kier molecular flexibility index (Phi) is 6.25. The fourth-order valence-electron chi connectivity index (χ4n) is 2.02. The summed E-state index contributed by atoms with van der Waals surface area (Å²) in [5.41, 5.74) is 4.04. The summed E-state index contributed by atoms with van der Waals surface area (Å²) in [6.07, 6.45) is 3.78. The van der Waals surface area contributed by atoms with Crippen LogP contribution in [0.25, 0.3) is 6.08 Å². The van der Waals surface area contributed by atoms with Gasteiger partial charge in [0.25, 0.3) is 5.91 Å². The quantitative estimate of drug-likeness (QED) is 0.285. The van der Waals surface area contributed by atoms with E-state index in [0.29, 0.717) is 11.3 Å². The van der Waals surface area contributed by atoms with E-state index in [2.05, 4.69) is 15.0 Å². The molecule has 1 heterocycles. The highest BCUT2D eigenvalue weighted by Gasteiger charge is 2.12. The van der Waals surface area contributed by atoms with Crippen molar-refractivity contribution in [2.45, 2.75) is 4.90 Å². The smallest absolute Gasteiger partial charge is 0.258 e. The normalized spacial score (nSPS) is 12.5. The Morgan fingerprint density at radius 1 is 1.17 bits per heavy atom. The molecule has 1 aliphatic heterocycles. The molecule has 2 aromatic carbocycles. The Bertz CT molecular complexity index is 781. The number of aliphatic imine (C=N–C) groups is 1. The molecule has 124 valence electrons. The summed E-state index contributed by atoms with van der Waals surface area (Å²) < 4.78 is 3.02. The van der Waals surface area contributed by atoms with Crippen LogP contribution < -0.4 is 15.5 Å². The number of benzene rings is 2. The number of fused-ring (bicyclic) bond motifs is 1. The predicted octanol–water partition coefficient (Wildman–Crippen LogP) is 3.09. The van der Waals surface area contributed by atoms with Crippen molar-refractivity contribution in [3.05, 3.63) is 65.9 Å². The molecule has 0 saturated heterocycles. The van der Waals surface area contributed by atoms with Gasteiger partial charge in [-0.15, -0.1) is 12.4 Å². The van der Waals surface area contributed by atoms with Crippen molar-refractivity contribution in [3.63, 3.8) is 0 Å². The zero-order valence-electron chi connectivity index (χ0n) is 12.4. The molecule has 0 spiro atoms. The number of carbonyl (C=O) groups is 1. The Morgan fingerprint density at radius 2 is 1.96 bits per heavy atom. The second-order valence-electron chi connectivity index (χ2n) is 4.67. The molecule has 8 heteroatoms. The number of guanidine groups is 1. The molecule has 0 saturated carbocycles. The van der Waals surface area contributed by atoms with E-state index in [1.165, 1.54) is 11.9 Å². The molecule has 2 aromatic rings. The highest BCUT2D eigenvalue weighted by molar-refractivity contribution is 7.97. The lowest BCUT2D eigenvalue weighted by Gasteiger charge is -2.12. The Balaban J connectivity index is 0.00000208.